The number of carbonyl (C=O) groups is 2. The van der Waals surface area contributed by atoms with E-state index >= 15 is 0 Å². The zero-order valence-electron chi connectivity index (χ0n) is 10.2. The van der Waals surface area contributed by atoms with Crippen LogP contribution in [-0.2, 0) is 4.79 Å². The molecule has 2 aliphatic rings. The van der Waals surface area contributed by atoms with Crippen molar-refractivity contribution in [2.45, 2.75) is 45.1 Å². The molecule has 2 N–H and O–H groups in total. The van der Waals surface area contributed by atoms with Crippen LogP contribution in [0.5, 0.6) is 0 Å². The van der Waals surface area contributed by atoms with Crippen LogP contribution in [0.3, 0.4) is 0 Å². The summed E-state index contributed by atoms with van der Waals surface area (Å²) < 4.78 is 0. The number of carboxylic acid groups (broad SMARTS) is 1. The second-order valence-corrected chi connectivity index (χ2v) is 5.56. The number of nitrogens with one attached hydrogen (secondary N) is 1. The summed E-state index contributed by atoms with van der Waals surface area (Å²) in [5, 5.41) is 11.7. The summed E-state index contributed by atoms with van der Waals surface area (Å²) in [6.07, 6.45) is 4.11. The van der Waals surface area contributed by atoms with Gasteiger partial charge in [-0.2, -0.15) is 0 Å². The summed E-state index contributed by atoms with van der Waals surface area (Å²) in [4.78, 5) is 24.3. The van der Waals surface area contributed by atoms with Crippen LogP contribution >= 0.6 is 0 Å². The predicted molar refractivity (Wildman–Crippen MR) is 62.7 cm³/mol. The van der Waals surface area contributed by atoms with Gasteiger partial charge in [-0.3, -0.25) is 4.79 Å². The zero-order valence-corrected chi connectivity index (χ0v) is 10.2. The number of carbonyl (C=O) groups excluding carboxylic acids is 1. The van der Waals surface area contributed by atoms with Crippen LogP contribution in [0.1, 0.15) is 39.0 Å². The Bertz CT molecular complexity index is 326. The van der Waals surface area contributed by atoms with Gasteiger partial charge in [0.1, 0.15) is 0 Å². The Morgan fingerprint density at radius 3 is 2.76 bits per heavy atom. The van der Waals surface area contributed by atoms with E-state index in [0.29, 0.717) is 13.1 Å². The van der Waals surface area contributed by atoms with Crippen LogP contribution in [0.2, 0.25) is 0 Å². The van der Waals surface area contributed by atoms with E-state index in [0.717, 1.165) is 12.8 Å². The first-order valence-corrected chi connectivity index (χ1v) is 6.26. The third kappa shape index (κ3) is 3.11. The molecule has 1 heterocycles. The number of likely N-dealkylation sites (tertiary alicyclic amines) is 1. The summed E-state index contributed by atoms with van der Waals surface area (Å²) in [7, 11) is 0. The van der Waals surface area contributed by atoms with Crippen molar-refractivity contribution in [2.75, 3.05) is 13.1 Å². The van der Waals surface area contributed by atoms with Gasteiger partial charge in [-0.25, -0.2) is 4.79 Å². The Kier molecular flexibility index (Phi) is 3.26. The molecule has 2 rings (SSSR count). The number of aliphatic carboxylic acids is 1. The summed E-state index contributed by atoms with van der Waals surface area (Å²) in [6, 6.07) is -0.221. The van der Waals surface area contributed by atoms with Gasteiger partial charge in [0, 0.05) is 19.1 Å². The van der Waals surface area contributed by atoms with Crippen LogP contribution in [0.4, 0.5) is 4.79 Å². The molecule has 0 aromatic rings. The monoisotopic (exact) mass is 240 g/mol. The summed E-state index contributed by atoms with van der Waals surface area (Å²) in [5.41, 5.74) is 0.289. The molecular formula is C12H20N2O3. The second-order valence-electron chi connectivity index (χ2n) is 5.56. The van der Waals surface area contributed by atoms with Crippen molar-refractivity contribution in [3.8, 4) is 0 Å². The summed E-state index contributed by atoms with van der Waals surface area (Å²) >= 11 is 0. The van der Waals surface area contributed by atoms with E-state index in [1.807, 2.05) is 0 Å². The van der Waals surface area contributed by atoms with Crippen molar-refractivity contribution in [3.63, 3.8) is 0 Å². The second kappa shape index (κ2) is 4.55. The Morgan fingerprint density at radius 1 is 1.47 bits per heavy atom. The van der Waals surface area contributed by atoms with Gasteiger partial charge in [-0.05, 0) is 31.1 Å². The molecule has 1 aliphatic heterocycles. The molecule has 5 nitrogen and oxygen atoms in total. The van der Waals surface area contributed by atoms with Crippen molar-refractivity contribution < 1.29 is 14.7 Å². The lowest BCUT2D eigenvalue weighted by Gasteiger charge is -2.24. The third-order valence-electron chi connectivity index (χ3n) is 3.82. The van der Waals surface area contributed by atoms with Gasteiger partial charge >= 0.3 is 12.0 Å². The molecule has 1 saturated heterocycles. The first-order valence-electron chi connectivity index (χ1n) is 6.26. The number of rotatable bonds is 4. The first kappa shape index (κ1) is 12.2. The lowest BCUT2D eigenvalue weighted by Crippen LogP contribution is -2.45. The number of urea groups is 1. The van der Waals surface area contributed by atoms with Crippen molar-refractivity contribution >= 4 is 12.0 Å². The van der Waals surface area contributed by atoms with Crippen LogP contribution in [0.15, 0.2) is 0 Å². The smallest absolute Gasteiger partial charge is 0.317 e. The number of hydrogen-bond donors (Lipinski definition) is 2. The Balaban J connectivity index is 1.82. The van der Waals surface area contributed by atoms with Crippen LogP contribution in [-0.4, -0.2) is 41.1 Å². The molecule has 5 heteroatoms. The lowest BCUT2D eigenvalue weighted by molar-refractivity contribution is -0.137. The fraction of sp³-hybridized carbons (Fsp3) is 0.833. The standard InChI is InChI=1S/C12H20N2O3/c1-12(4-5-12)8-13-11(17)14-6-2-3-9(14)7-10(15)16/h9H,2-8H2,1H3,(H,13,17)(H,15,16). The van der Waals surface area contributed by atoms with Gasteiger partial charge in [0.2, 0.25) is 0 Å². The molecule has 0 bridgehead atoms. The minimum Gasteiger partial charge on any atom is -0.481 e. The minimum absolute atomic E-state index is 0.0602. The van der Waals surface area contributed by atoms with E-state index in [9.17, 15) is 9.59 Å². The molecular weight excluding hydrogens is 220 g/mol. The van der Waals surface area contributed by atoms with E-state index in [4.69, 9.17) is 5.11 Å². The summed E-state index contributed by atoms with van der Waals surface area (Å²) in [5.74, 6) is -0.830. The molecule has 1 saturated carbocycles. The average molecular weight is 240 g/mol. The first-order chi connectivity index (χ1) is 8.00. The normalized spacial score (nSPS) is 25.7. The van der Waals surface area contributed by atoms with Crippen LogP contribution < -0.4 is 5.32 Å². The Labute approximate surface area is 101 Å². The minimum atomic E-state index is -0.830. The Morgan fingerprint density at radius 2 is 2.18 bits per heavy atom. The molecule has 0 aromatic heterocycles. The molecule has 0 radical (unpaired) electrons. The van der Waals surface area contributed by atoms with E-state index in [2.05, 4.69) is 12.2 Å². The van der Waals surface area contributed by atoms with E-state index in [-0.39, 0.29) is 23.9 Å². The average Bonchev–Trinajstić information content (AvgIpc) is 2.81. The third-order valence-corrected chi connectivity index (χ3v) is 3.82. The molecule has 2 fully saturated rings. The highest BCUT2D eigenvalue weighted by atomic mass is 16.4. The van der Waals surface area contributed by atoms with Gasteiger partial charge in [0.25, 0.3) is 0 Å². The molecule has 96 valence electrons. The molecule has 0 spiro atoms. The Hall–Kier alpha value is -1.26. The highest BCUT2D eigenvalue weighted by Crippen LogP contribution is 2.44. The maximum atomic E-state index is 11.9. The van der Waals surface area contributed by atoms with Crippen molar-refractivity contribution in [2.24, 2.45) is 5.41 Å². The number of hydrogen-bond acceptors (Lipinski definition) is 2. The predicted octanol–water partition coefficient (Wildman–Crippen LogP) is 1.44. The van der Waals surface area contributed by atoms with Gasteiger partial charge in [-0.15, -0.1) is 0 Å². The van der Waals surface area contributed by atoms with E-state index in [1.54, 1.807) is 4.90 Å². The fourth-order valence-corrected chi connectivity index (χ4v) is 2.30. The zero-order chi connectivity index (χ0) is 12.5. The number of carboxylic acids is 1. The quantitative estimate of drug-likeness (QED) is 0.781. The van der Waals surface area contributed by atoms with E-state index in [1.165, 1.54) is 12.8 Å². The molecule has 1 aliphatic carbocycles. The van der Waals surface area contributed by atoms with Gasteiger partial charge in [-0.1, -0.05) is 6.92 Å². The van der Waals surface area contributed by atoms with Crippen molar-refractivity contribution in [3.05, 3.63) is 0 Å². The van der Waals surface area contributed by atoms with Crippen molar-refractivity contribution in [1.29, 1.82) is 0 Å². The van der Waals surface area contributed by atoms with Crippen LogP contribution in [0.25, 0.3) is 0 Å². The highest BCUT2D eigenvalue weighted by Gasteiger charge is 2.38. The number of nitrogens with zero attached hydrogens (tertiary/aromatic N) is 1. The molecule has 0 aromatic carbocycles. The summed E-state index contributed by atoms with van der Waals surface area (Å²) in [6.45, 7) is 3.55. The fourth-order valence-electron chi connectivity index (χ4n) is 2.30. The van der Waals surface area contributed by atoms with E-state index < -0.39 is 5.97 Å². The van der Waals surface area contributed by atoms with Crippen molar-refractivity contribution in [1.82, 2.24) is 10.2 Å². The SMILES string of the molecule is CC1(CNC(=O)N2CCCC2CC(=O)O)CC1. The largest absolute Gasteiger partial charge is 0.481 e. The molecule has 2 amide bonds. The molecule has 17 heavy (non-hydrogen) atoms. The van der Waals surface area contributed by atoms with Crippen LogP contribution in [0, 0.1) is 5.41 Å². The molecule has 1 atom stereocenters. The van der Waals surface area contributed by atoms with Gasteiger partial charge in [0.15, 0.2) is 0 Å². The molecule has 1 unspecified atom stereocenters. The highest BCUT2D eigenvalue weighted by molar-refractivity contribution is 5.76. The topological polar surface area (TPSA) is 69.6 Å². The lowest BCUT2D eigenvalue weighted by atomic mass is 10.1. The number of amides is 2. The maximum absolute atomic E-state index is 11.9. The maximum Gasteiger partial charge on any atom is 0.317 e. The van der Waals surface area contributed by atoms with Gasteiger partial charge < -0.3 is 15.3 Å². The van der Waals surface area contributed by atoms with Gasteiger partial charge in [0.05, 0.1) is 6.42 Å².